The third-order valence-electron chi connectivity index (χ3n) is 6.36. The first-order valence-electron chi connectivity index (χ1n) is 11.1. The number of nitrogens with zero attached hydrogens (tertiary/aromatic N) is 8. The Hall–Kier alpha value is -4.15. The molecule has 0 aliphatic heterocycles. The molecule has 34 heavy (non-hydrogen) atoms. The summed E-state index contributed by atoms with van der Waals surface area (Å²) in [5, 5.41) is 24.0. The molecular formula is C23H26N10O. The fourth-order valence-corrected chi connectivity index (χ4v) is 4.64. The average Bonchev–Trinajstić information content (AvgIpc) is 3.52. The van der Waals surface area contributed by atoms with Gasteiger partial charge in [-0.15, -0.1) is 10.0 Å². The van der Waals surface area contributed by atoms with Crippen molar-refractivity contribution in [1.29, 1.82) is 0 Å². The number of aromatic nitrogens is 8. The van der Waals surface area contributed by atoms with Crippen LogP contribution in [0.4, 0.5) is 11.6 Å². The molecule has 0 amide bonds. The molecule has 11 heteroatoms. The van der Waals surface area contributed by atoms with Crippen LogP contribution in [0.1, 0.15) is 33.4 Å². The lowest BCUT2D eigenvalue weighted by molar-refractivity contribution is 0.223. The van der Waals surface area contributed by atoms with Crippen molar-refractivity contribution < 1.29 is 0 Å². The SMILES string of the molecule is CC(C)C(N=O)(c1[nH]nc2cc(Nc3nc4c(-c5cnn(C)c5)nccn4n3)ccc12)C(C)C. The zero-order valence-corrected chi connectivity index (χ0v) is 19.7. The quantitative estimate of drug-likeness (QED) is 0.345. The van der Waals surface area contributed by atoms with E-state index in [9.17, 15) is 4.91 Å². The van der Waals surface area contributed by atoms with E-state index in [4.69, 9.17) is 0 Å². The highest BCUT2D eigenvalue weighted by atomic mass is 16.3. The van der Waals surface area contributed by atoms with Gasteiger partial charge in [0, 0.05) is 42.3 Å². The first kappa shape index (κ1) is 21.7. The molecule has 0 unspecified atom stereocenters. The normalized spacial score (nSPS) is 12.3. The van der Waals surface area contributed by atoms with Crippen LogP contribution in [0.15, 0.2) is 48.2 Å². The van der Waals surface area contributed by atoms with Crippen molar-refractivity contribution in [1.82, 2.24) is 39.6 Å². The lowest BCUT2D eigenvalue weighted by Crippen LogP contribution is -2.36. The third-order valence-corrected chi connectivity index (χ3v) is 6.36. The van der Waals surface area contributed by atoms with E-state index in [2.05, 4.69) is 40.9 Å². The Bertz CT molecular complexity index is 1480. The maximum absolute atomic E-state index is 12.0. The lowest BCUT2D eigenvalue weighted by Gasteiger charge is -2.33. The van der Waals surface area contributed by atoms with Gasteiger partial charge in [-0.05, 0) is 30.0 Å². The van der Waals surface area contributed by atoms with Crippen LogP contribution in [0.25, 0.3) is 27.8 Å². The summed E-state index contributed by atoms with van der Waals surface area (Å²) in [6.45, 7) is 8.03. The van der Waals surface area contributed by atoms with Gasteiger partial charge in [0.1, 0.15) is 11.2 Å². The summed E-state index contributed by atoms with van der Waals surface area (Å²) in [4.78, 5) is 21.1. The number of hydrogen-bond donors (Lipinski definition) is 2. The van der Waals surface area contributed by atoms with E-state index in [0.29, 0.717) is 17.3 Å². The fraction of sp³-hybridized carbons (Fsp3) is 0.348. The third kappa shape index (κ3) is 3.31. The lowest BCUT2D eigenvalue weighted by atomic mass is 9.74. The maximum Gasteiger partial charge on any atom is 0.247 e. The van der Waals surface area contributed by atoms with Gasteiger partial charge >= 0.3 is 0 Å². The molecule has 0 saturated heterocycles. The molecule has 11 nitrogen and oxygen atoms in total. The van der Waals surface area contributed by atoms with Crippen LogP contribution < -0.4 is 5.32 Å². The molecule has 0 bridgehead atoms. The fourth-order valence-electron chi connectivity index (χ4n) is 4.64. The minimum Gasteiger partial charge on any atom is -0.323 e. The molecule has 5 rings (SSSR count). The number of rotatable bonds is 7. The number of benzene rings is 1. The number of nitrogens with one attached hydrogen (secondary N) is 2. The van der Waals surface area contributed by atoms with Gasteiger partial charge in [0.05, 0.1) is 17.4 Å². The Balaban J connectivity index is 1.50. The molecular weight excluding hydrogens is 432 g/mol. The molecule has 0 aliphatic rings. The summed E-state index contributed by atoms with van der Waals surface area (Å²) in [7, 11) is 1.86. The van der Waals surface area contributed by atoms with E-state index in [1.165, 1.54) is 0 Å². The van der Waals surface area contributed by atoms with Crippen LogP contribution >= 0.6 is 0 Å². The average molecular weight is 459 g/mol. The molecule has 0 aliphatic carbocycles. The van der Waals surface area contributed by atoms with Crippen LogP contribution in [-0.2, 0) is 12.6 Å². The van der Waals surface area contributed by atoms with Crippen molar-refractivity contribution in [3.63, 3.8) is 0 Å². The Kier molecular flexibility index (Phi) is 5.11. The van der Waals surface area contributed by atoms with E-state index in [-0.39, 0.29) is 11.8 Å². The molecule has 174 valence electrons. The van der Waals surface area contributed by atoms with Crippen molar-refractivity contribution in [3.8, 4) is 11.3 Å². The zero-order valence-electron chi connectivity index (χ0n) is 19.7. The van der Waals surface area contributed by atoms with Crippen LogP contribution in [0.5, 0.6) is 0 Å². The van der Waals surface area contributed by atoms with Gasteiger partial charge in [-0.25, -0.2) is 4.52 Å². The minimum atomic E-state index is -0.886. The number of nitroso groups, excluding NO2 is 1. The Labute approximate surface area is 195 Å². The first-order chi connectivity index (χ1) is 16.3. The van der Waals surface area contributed by atoms with Crippen molar-refractivity contribution >= 4 is 28.2 Å². The smallest absolute Gasteiger partial charge is 0.247 e. The maximum atomic E-state index is 12.0. The van der Waals surface area contributed by atoms with Crippen LogP contribution in [0.2, 0.25) is 0 Å². The number of hydrogen-bond acceptors (Lipinski definition) is 8. The molecule has 0 saturated carbocycles. The van der Waals surface area contributed by atoms with E-state index >= 15 is 0 Å². The van der Waals surface area contributed by atoms with Crippen LogP contribution in [0.3, 0.4) is 0 Å². The van der Waals surface area contributed by atoms with Crippen molar-refractivity contribution in [3.05, 3.63) is 53.6 Å². The van der Waals surface area contributed by atoms with Gasteiger partial charge < -0.3 is 5.32 Å². The highest BCUT2D eigenvalue weighted by Crippen LogP contribution is 2.43. The van der Waals surface area contributed by atoms with E-state index < -0.39 is 5.54 Å². The summed E-state index contributed by atoms with van der Waals surface area (Å²) >= 11 is 0. The number of aromatic amines is 1. The van der Waals surface area contributed by atoms with Crippen molar-refractivity contribution in [2.75, 3.05) is 5.32 Å². The number of anilines is 2. The minimum absolute atomic E-state index is 0.0104. The molecule has 0 atom stereocenters. The van der Waals surface area contributed by atoms with Crippen molar-refractivity contribution in [2.45, 2.75) is 33.2 Å². The topological polar surface area (TPSA) is 131 Å². The molecule has 5 aromatic rings. The summed E-state index contributed by atoms with van der Waals surface area (Å²) < 4.78 is 3.40. The Morgan fingerprint density at radius 3 is 2.65 bits per heavy atom. The van der Waals surface area contributed by atoms with Crippen LogP contribution in [0, 0.1) is 16.7 Å². The second-order valence-corrected chi connectivity index (χ2v) is 9.06. The molecule has 4 heterocycles. The molecule has 2 N–H and O–H groups in total. The zero-order chi connectivity index (χ0) is 24.0. The number of aryl methyl sites for hydroxylation is 1. The molecule has 0 radical (unpaired) electrons. The predicted octanol–water partition coefficient (Wildman–Crippen LogP) is 4.42. The molecule has 1 aromatic carbocycles. The summed E-state index contributed by atoms with van der Waals surface area (Å²) in [6.07, 6.45) is 7.06. The van der Waals surface area contributed by atoms with E-state index in [0.717, 1.165) is 27.8 Å². The Morgan fingerprint density at radius 2 is 1.97 bits per heavy atom. The van der Waals surface area contributed by atoms with E-state index in [1.54, 1.807) is 27.8 Å². The van der Waals surface area contributed by atoms with Crippen LogP contribution in [-0.4, -0.2) is 39.6 Å². The van der Waals surface area contributed by atoms with Gasteiger partial charge in [-0.2, -0.15) is 15.2 Å². The number of fused-ring (bicyclic) bond motifs is 2. The summed E-state index contributed by atoms with van der Waals surface area (Å²) in [6, 6.07) is 5.76. The monoisotopic (exact) mass is 458 g/mol. The first-order valence-corrected chi connectivity index (χ1v) is 11.1. The van der Waals surface area contributed by atoms with Gasteiger partial charge in [-0.1, -0.05) is 32.9 Å². The second kappa shape index (κ2) is 8.01. The van der Waals surface area contributed by atoms with Gasteiger partial charge in [0.25, 0.3) is 0 Å². The molecule has 0 fully saturated rings. The second-order valence-electron chi connectivity index (χ2n) is 9.06. The highest BCUT2D eigenvalue weighted by Gasteiger charge is 2.43. The summed E-state index contributed by atoms with van der Waals surface area (Å²) in [5.41, 5.74) is 3.54. The van der Waals surface area contributed by atoms with Gasteiger partial charge in [0.2, 0.25) is 5.95 Å². The molecule has 0 spiro atoms. The Morgan fingerprint density at radius 1 is 1.18 bits per heavy atom. The van der Waals surface area contributed by atoms with Gasteiger partial charge in [-0.3, -0.25) is 14.8 Å². The molecule has 4 aromatic heterocycles. The van der Waals surface area contributed by atoms with Crippen molar-refractivity contribution in [2.24, 2.45) is 24.1 Å². The largest absolute Gasteiger partial charge is 0.323 e. The number of H-pyrrole nitrogens is 1. The predicted molar refractivity (Wildman–Crippen MR) is 130 cm³/mol. The van der Waals surface area contributed by atoms with Gasteiger partial charge in [0.15, 0.2) is 5.65 Å². The highest BCUT2D eigenvalue weighted by molar-refractivity contribution is 5.86. The van der Waals surface area contributed by atoms with E-state index in [1.807, 2.05) is 59.1 Å². The summed E-state index contributed by atoms with van der Waals surface area (Å²) in [5.74, 6) is 0.453. The standard InChI is InChI=1S/C23H26N10O/c1-13(2)23(31-34,14(3)4)20-17-7-6-16(10-18(17)28-29-20)26-22-27-21-19(15-11-25-32(5)12-15)24-8-9-33(21)30-22/h6-14H,1-5H3,(H,26,30)(H,28,29).